The molecule has 1 aromatic rings. The molecule has 1 saturated heterocycles. The first-order chi connectivity index (χ1) is 9.67. The van der Waals surface area contributed by atoms with Crippen molar-refractivity contribution in [2.45, 2.75) is 39.7 Å². The highest BCUT2D eigenvalue weighted by molar-refractivity contribution is 5.22. The number of hydrogen-bond donors (Lipinski definition) is 1. The fourth-order valence-corrected chi connectivity index (χ4v) is 3.15. The number of nitrogens with zero attached hydrogens (tertiary/aromatic N) is 1. The third kappa shape index (κ3) is 4.92. The van der Waals surface area contributed by atoms with E-state index in [2.05, 4.69) is 55.4 Å². The van der Waals surface area contributed by atoms with Crippen LogP contribution in [0.1, 0.15) is 37.8 Å². The van der Waals surface area contributed by atoms with Crippen LogP contribution < -0.4 is 5.32 Å². The van der Waals surface area contributed by atoms with Crippen LogP contribution in [0.25, 0.3) is 0 Å². The van der Waals surface area contributed by atoms with E-state index < -0.39 is 0 Å². The van der Waals surface area contributed by atoms with Crippen molar-refractivity contribution in [1.29, 1.82) is 0 Å². The second kappa shape index (κ2) is 7.80. The Morgan fingerprint density at radius 1 is 1.10 bits per heavy atom. The standard InChI is InChI=1S/C18H30N2/c1-15(2)12-16-4-6-18(7-5-16)14-20-10-8-17(9-11-20)13-19-3/h4-7,15,17,19H,8-14H2,1-3H3. The maximum Gasteiger partial charge on any atom is 0.0233 e. The number of likely N-dealkylation sites (tertiary alicyclic amines) is 1. The SMILES string of the molecule is CNCC1CCN(Cc2ccc(CC(C)C)cc2)CC1. The summed E-state index contributed by atoms with van der Waals surface area (Å²) in [6, 6.07) is 9.25. The Bertz CT molecular complexity index is 375. The van der Waals surface area contributed by atoms with Gasteiger partial charge in [0, 0.05) is 6.54 Å². The van der Waals surface area contributed by atoms with Gasteiger partial charge in [0.2, 0.25) is 0 Å². The first-order valence-corrected chi connectivity index (χ1v) is 8.12. The second-order valence-electron chi connectivity index (χ2n) is 6.69. The van der Waals surface area contributed by atoms with Crippen molar-refractivity contribution in [2.75, 3.05) is 26.7 Å². The first-order valence-electron chi connectivity index (χ1n) is 8.12. The van der Waals surface area contributed by atoms with Crippen molar-refractivity contribution >= 4 is 0 Å². The Hall–Kier alpha value is -0.860. The maximum absolute atomic E-state index is 3.31. The van der Waals surface area contributed by atoms with Gasteiger partial charge in [0.1, 0.15) is 0 Å². The summed E-state index contributed by atoms with van der Waals surface area (Å²) in [7, 11) is 2.06. The topological polar surface area (TPSA) is 15.3 Å². The number of nitrogens with one attached hydrogen (secondary N) is 1. The Balaban J connectivity index is 1.79. The van der Waals surface area contributed by atoms with Gasteiger partial charge in [-0.25, -0.2) is 0 Å². The molecule has 1 N–H and O–H groups in total. The van der Waals surface area contributed by atoms with Crippen molar-refractivity contribution in [3.8, 4) is 0 Å². The molecule has 0 aliphatic carbocycles. The first kappa shape index (κ1) is 15.5. The summed E-state index contributed by atoms with van der Waals surface area (Å²) < 4.78 is 0. The van der Waals surface area contributed by atoms with Crippen LogP contribution in [-0.4, -0.2) is 31.6 Å². The fourth-order valence-electron chi connectivity index (χ4n) is 3.15. The Kier molecular flexibility index (Phi) is 6.06. The molecule has 1 heterocycles. The minimum atomic E-state index is 0.743. The van der Waals surface area contributed by atoms with Gasteiger partial charge in [0.15, 0.2) is 0 Å². The van der Waals surface area contributed by atoms with Gasteiger partial charge in [-0.2, -0.15) is 0 Å². The highest BCUT2D eigenvalue weighted by Gasteiger charge is 2.18. The minimum Gasteiger partial charge on any atom is -0.319 e. The molecule has 2 rings (SSSR count). The van der Waals surface area contributed by atoms with Crippen molar-refractivity contribution in [1.82, 2.24) is 10.2 Å². The van der Waals surface area contributed by atoms with Crippen LogP contribution in [0.3, 0.4) is 0 Å². The lowest BCUT2D eigenvalue weighted by Crippen LogP contribution is -2.36. The molecule has 0 unspecified atom stereocenters. The molecule has 1 aromatic carbocycles. The summed E-state index contributed by atoms with van der Waals surface area (Å²) in [4.78, 5) is 2.60. The zero-order valence-corrected chi connectivity index (χ0v) is 13.4. The molecule has 0 aromatic heterocycles. The number of benzene rings is 1. The summed E-state index contributed by atoms with van der Waals surface area (Å²) in [6.07, 6.45) is 3.87. The van der Waals surface area contributed by atoms with Gasteiger partial charge in [-0.05, 0) is 68.9 Å². The Labute approximate surface area is 124 Å². The number of piperidine rings is 1. The minimum absolute atomic E-state index is 0.743. The third-order valence-corrected chi connectivity index (χ3v) is 4.27. The molecule has 1 fully saturated rings. The fraction of sp³-hybridized carbons (Fsp3) is 0.667. The highest BCUT2D eigenvalue weighted by Crippen LogP contribution is 2.19. The molecular formula is C18H30N2. The van der Waals surface area contributed by atoms with Crippen LogP contribution in [0.2, 0.25) is 0 Å². The van der Waals surface area contributed by atoms with E-state index in [1.54, 1.807) is 0 Å². The van der Waals surface area contributed by atoms with Gasteiger partial charge in [-0.15, -0.1) is 0 Å². The van der Waals surface area contributed by atoms with Crippen LogP contribution in [0.4, 0.5) is 0 Å². The molecule has 1 aliphatic heterocycles. The van der Waals surface area contributed by atoms with Crippen molar-refractivity contribution in [3.63, 3.8) is 0 Å². The normalized spacial score (nSPS) is 17.8. The zero-order valence-electron chi connectivity index (χ0n) is 13.4. The number of rotatable bonds is 6. The van der Waals surface area contributed by atoms with Crippen LogP contribution in [0.5, 0.6) is 0 Å². The van der Waals surface area contributed by atoms with Gasteiger partial charge in [-0.1, -0.05) is 38.1 Å². The van der Waals surface area contributed by atoms with Crippen LogP contribution in [0.15, 0.2) is 24.3 Å². The van der Waals surface area contributed by atoms with Gasteiger partial charge in [0.25, 0.3) is 0 Å². The average Bonchev–Trinajstić information content (AvgIpc) is 2.43. The lowest BCUT2D eigenvalue weighted by molar-refractivity contribution is 0.177. The summed E-state index contributed by atoms with van der Waals surface area (Å²) >= 11 is 0. The zero-order chi connectivity index (χ0) is 14.4. The summed E-state index contributed by atoms with van der Waals surface area (Å²) in [6.45, 7) is 9.36. The lowest BCUT2D eigenvalue weighted by Gasteiger charge is -2.31. The average molecular weight is 274 g/mol. The Morgan fingerprint density at radius 2 is 1.70 bits per heavy atom. The van der Waals surface area contributed by atoms with E-state index in [1.807, 2.05) is 0 Å². The molecule has 0 radical (unpaired) electrons. The molecule has 0 amide bonds. The molecule has 2 heteroatoms. The van der Waals surface area contributed by atoms with E-state index in [-0.39, 0.29) is 0 Å². The smallest absolute Gasteiger partial charge is 0.0233 e. The van der Waals surface area contributed by atoms with Crippen LogP contribution >= 0.6 is 0 Å². The monoisotopic (exact) mass is 274 g/mol. The van der Waals surface area contributed by atoms with Gasteiger partial charge in [-0.3, -0.25) is 4.90 Å². The highest BCUT2D eigenvalue weighted by atomic mass is 15.1. The summed E-state index contributed by atoms with van der Waals surface area (Å²) in [5.74, 6) is 1.62. The van der Waals surface area contributed by atoms with E-state index in [0.29, 0.717) is 0 Å². The van der Waals surface area contributed by atoms with Gasteiger partial charge < -0.3 is 5.32 Å². The molecule has 0 atom stereocenters. The maximum atomic E-state index is 3.31. The molecule has 2 nitrogen and oxygen atoms in total. The van der Waals surface area contributed by atoms with Gasteiger partial charge in [0.05, 0.1) is 0 Å². The lowest BCUT2D eigenvalue weighted by atomic mass is 9.96. The number of hydrogen-bond acceptors (Lipinski definition) is 2. The predicted molar refractivity (Wildman–Crippen MR) is 86.9 cm³/mol. The quantitative estimate of drug-likeness (QED) is 0.856. The molecule has 0 spiro atoms. The van der Waals surface area contributed by atoms with E-state index >= 15 is 0 Å². The molecule has 0 saturated carbocycles. The second-order valence-corrected chi connectivity index (χ2v) is 6.69. The van der Waals surface area contributed by atoms with Crippen molar-refractivity contribution in [2.24, 2.45) is 11.8 Å². The summed E-state index contributed by atoms with van der Waals surface area (Å²) in [5.41, 5.74) is 2.93. The molecule has 20 heavy (non-hydrogen) atoms. The Morgan fingerprint density at radius 3 is 2.25 bits per heavy atom. The van der Waals surface area contributed by atoms with Crippen LogP contribution in [0, 0.1) is 11.8 Å². The largest absolute Gasteiger partial charge is 0.319 e. The third-order valence-electron chi connectivity index (χ3n) is 4.27. The molecule has 1 aliphatic rings. The predicted octanol–water partition coefficient (Wildman–Crippen LogP) is 3.32. The van der Waals surface area contributed by atoms with E-state index in [4.69, 9.17) is 0 Å². The molecule has 112 valence electrons. The summed E-state index contributed by atoms with van der Waals surface area (Å²) in [5, 5.41) is 3.31. The molecular weight excluding hydrogens is 244 g/mol. The van der Waals surface area contributed by atoms with Crippen LogP contribution in [-0.2, 0) is 13.0 Å². The van der Waals surface area contributed by atoms with E-state index in [0.717, 1.165) is 18.4 Å². The van der Waals surface area contributed by atoms with Gasteiger partial charge >= 0.3 is 0 Å². The van der Waals surface area contributed by atoms with E-state index in [9.17, 15) is 0 Å². The molecule has 0 bridgehead atoms. The van der Waals surface area contributed by atoms with Crippen molar-refractivity contribution < 1.29 is 0 Å². The van der Waals surface area contributed by atoms with E-state index in [1.165, 1.54) is 50.0 Å². The van der Waals surface area contributed by atoms with Crippen molar-refractivity contribution in [3.05, 3.63) is 35.4 Å².